The molecule has 1 heterocycles. The molecule has 1 aliphatic rings. The average molecular weight is 683 g/mol. The highest BCUT2D eigenvalue weighted by Crippen LogP contribution is 2.46. The third-order valence-corrected chi connectivity index (χ3v) is 8.60. The first-order valence-electron chi connectivity index (χ1n) is 15.1. The van der Waals surface area contributed by atoms with Gasteiger partial charge in [0, 0.05) is 46.7 Å². The molecule has 0 radical (unpaired) electrons. The number of benzene rings is 4. The van der Waals surface area contributed by atoms with E-state index in [0.29, 0.717) is 29.0 Å². The molecular formula is C37H36BrN3O5. The summed E-state index contributed by atoms with van der Waals surface area (Å²) in [6.07, 6.45) is 3.42. The van der Waals surface area contributed by atoms with Gasteiger partial charge >= 0.3 is 0 Å². The van der Waals surface area contributed by atoms with E-state index in [4.69, 9.17) is 0 Å². The van der Waals surface area contributed by atoms with Crippen LogP contribution in [0.3, 0.4) is 0 Å². The van der Waals surface area contributed by atoms with Crippen molar-refractivity contribution in [3.63, 3.8) is 0 Å². The summed E-state index contributed by atoms with van der Waals surface area (Å²) in [5.74, 6) is -1.55. The lowest BCUT2D eigenvalue weighted by atomic mass is 9.83. The van der Waals surface area contributed by atoms with Crippen LogP contribution in [0.4, 0.5) is 11.4 Å². The van der Waals surface area contributed by atoms with Crippen LogP contribution < -0.4 is 10.2 Å². The average Bonchev–Trinajstić information content (AvgIpc) is 3.27. The molecule has 0 bridgehead atoms. The van der Waals surface area contributed by atoms with Crippen molar-refractivity contribution in [2.75, 3.05) is 23.4 Å². The van der Waals surface area contributed by atoms with Gasteiger partial charge in [-0.15, -0.1) is 0 Å². The zero-order chi connectivity index (χ0) is 32.7. The molecule has 0 saturated carbocycles. The number of hydrogen-bond donors (Lipinski definition) is 3. The number of amides is 3. The van der Waals surface area contributed by atoms with Crippen molar-refractivity contribution in [3.8, 4) is 0 Å². The molecule has 3 N–H and O–H groups in total. The minimum Gasteiger partial charge on any atom is -0.395 e. The molecule has 4 aromatic rings. The van der Waals surface area contributed by atoms with Crippen LogP contribution in [0.2, 0.25) is 0 Å². The molecule has 0 unspecified atom stereocenters. The van der Waals surface area contributed by atoms with Gasteiger partial charge in [0.1, 0.15) is 0 Å². The Morgan fingerprint density at radius 1 is 0.957 bits per heavy atom. The van der Waals surface area contributed by atoms with Crippen molar-refractivity contribution in [2.45, 2.75) is 32.0 Å². The van der Waals surface area contributed by atoms with Gasteiger partial charge in [-0.1, -0.05) is 95.7 Å². The Hall–Kier alpha value is -4.57. The van der Waals surface area contributed by atoms with Crippen LogP contribution in [0, 0.1) is 5.92 Å². The van der Waals surface area contributed by atoms with Gasteiger partial charge in [0.05, 0.1) is 18.8 Å². The van der Waals surface area contributed by atoms with E-state index >= 15 is 0 Å². The van der Waals surface area contributed by atoms with Crippen LogP contribution in [0.1, 0.15) is 40.4 Å². The monoisotopic (exact) mass is 681 g/mol. The molecule has 9 heteroatoms. The van der Waals surface area contributed by atoms with Crippen LogP contribution in [-0.4, -0.2) is 46.0 Å². The van der Waals surface area contributed by atoms with Gasteiger partial charge in [-0.2, -0.15) is 0 Å². The van der Waals surface area contributed by atoms with E-state index in [-0.39, 0.29) is 37.9 Å². The largest absolute Gasteiger partial charge is 0.395 e. The number of anilines is 2. The van der Waals surface area contributed by atoms with E-state index in [1.54, 1.807) is 71.3 Å². The highest BCUT2D eigenvalue weighted by Gasteiger charge is 2.52. The first-order valence-corrected chi connectivity index (χ1v) is 15.9. The molecule has 0 saturated heterocycles. The van der Waals surface area contributed by atoms with E-state index in [0.717, 1.165) is 15.6 Å². The molecule has 0 spiro atoms. The summed E-state index contributed by atoms with van der Waals surface area (Å²) in [5, 5.41) is 24.5. The van der Waals surface area contributed by atoms with Crippen LogP contribution >= 0.6 is 15.9 Å². The minimum atomic E-state index is -1.87. The fraction of sp³-hybridized carbons (Fsp3) is 0.216. The molecule has 46 heavy (non-hydrogen) atoms. The fourth-order valence-electron chi connectivity index (χ4n) is 5.66. The third-order valence-electron chi connectivity index (χ3n) is 8.11. The maximum atomic E-state index is 14.0. The highest BCUT2D eigenvalue weighted by molar-refractivity contribution is 9.10. The Labute approximate surface area is 277 Å². The van der Waals surface area contributed by atoms with Crippen molar-refractivity contribution in [1.29, 1.82) is 0 Å². The van der Waals surface area contributed by atoms with Gasteiger partial charge < -0.3 is 25.3 Å². The standard InChI is InChI=1S/C37H36BrN3O5/c1-26(10-8-17-34(43)40(20-21-42)24-27-11-4-2-5-12-27)37(46)32-23-30(38)18-19-33(32)41(36(37)45)25-28-13-9-16-31(22-28)39-35(44)29-14-6-3-7-15-29/h2-16,18-19,22-23,26,42,46H,17,20-21,24-25H2,1H3,(H,39,44)/b10-8+/t26-,37+/m0/s1. The van der Waals surface area contributed by atoms with Gasteiger partial charge in [0.2, 0.25) is 5.91 Å². The van der Waals surface area contributed by atoms with Gasteiger partial charge in [-0.3, -0.25) is 14.4 Å². The second kappa shape index (κ2) is 14.7. The zero-order valence-corrected chi connectivity index (χ0v) is 27.1. The van der Waals surface area contributed by atoms with Crippen molar-refractivity contribution < 1.29 is 24.6 Å². The Bertz CT molecular complexity index is 1730. The lowest BCUT2D eigenvalue weighted by molar-refractivity contribution is -0.139. The van der Waals surface area contributed by atoms with Gasteiger partial charge in [-0.25, -0.2) is 0 Å². The minimum absolute atomic E-state index is 0.0536. The third kappa shape index (κ3) is 7.28. The van der Waals surface area contributed by atoms with E-state index in [1.165, 1.54) is 0 Å². The first-order chi connectivity index (χ1) is 22.2. The van der Waals surface area contributed by atoms with E-state index in [2.05, 4.69) is 21.2 Å². The molecule has 0 aliphatic carbocycles. The fourth-order valence-corrected chi connectivity index (χ4v) is 6.02. The Morgan fingerprint density at radius 3 is 2.37 bits per heavy atom. The smallest absolute Gasteiger partial charge is 0.264 e. The molecule has 5 rings (SSSR count). The summed E-state index contributed by atoms with van der Waals surface area (Å²) in [6, 6.07) is 31.1. The second-order valence-corrected chi connectivity index (χ2v) is 12.2. The van der Waals surface area contributed by atoms with Gasteiger partial charge in [0.25, 0.3) is 11.8 Å². The number of aliphatic hydroxyl groups is 2. The van der Waals surface area contributed by atoms with E-state index < -0.39 is 17.4 Å². The number of aliphatic hydroxyl groups excluding tert-OH is 1. The molecule has 236 valence electrons. The molecule has 8 nitrogen and oxygen atoms in total. The molecule has 0 aromatic heterocycles. The van der Waals surface area contributed by atoms with Gasteiger partial charge in [0.15, 0.2) is 5.60 Å². The summed E-state index contributed by atoms with van der Waals surface area (Å²) in [7, 11) is 0. The summed E-state index contributed by atoms with van der Waals surface area (Å²) in [5.41, 5.74) is 2.04. The maximum absolute atomic E-state index is 14.0. The Morgan fingerprint density at radius 2 is 1.65 bits per heavy atom. The lowest BCUT2D eigenvalue weighted by Crippen LogP contribution is -2.44. The van der Waals surface area contributed by atoms with Crippen molar-refractivity contribution in [3.05, 3.63) is 142 Å². The van der Waals surface area contributed by atoms with Crippen LogP contribution in [0.25, 0.3) is 0 Å². The van der Waals surface area contributed by atoms with Crippen LogP contribution in [0.15, 0.2) is 120 Å². The normalized spacial score (nSPS) is 16.3. The number of carbonyl (C=O) groups excluding carboxylic acids is 3. The van der Waals surface area contributed by atoms with Crippen molar-refractivity contribution >= 4 is 45.0 Å². The summed E-state index contributed by atoms with van der Waals surface area (Å²) < 4.78 is 0.719. The quantitative estimate of drug-likeness (QED) is 0.158. The number of hydrogen-bond acceptors (Lipinski definition) is 5. The number of nitrogens with one attached hydrogen (secondary N) is 1. The molecule has 4 aromatic carbocycles. The maximum Gasteiger partial charge on any atom is 0.264 e. The summed E-state index contributed by atoms with van der Waals surface area (Å²) >= 11 is 3.48. The number of rotatable bonds is 12. The van der Waals surface area contributed by atoms with Crippen LogP contribution in [-0.2, 0) is 28.3 Å². The van der Waals surface area contributed by atoms with E-state index in [9.17, 15) is 24.6 Å². The van der Waals surface area contributed by atoms with Crippen LogP contribution in [0.5, 0.6) is 0 Å². The number of carbonyl (C=O) groups is 3. The number of nitrogens with zero attached hydrogens (tertiary/aromatic N) is 2. The SMILES string of the molecule is C[C@@H](/C=C/CC(=O)N(CCO)Cc1ccccc1)[C@]1(O)C(=O)N(Cc2cccc(NC(=O)c3ccccc3)c2)c2ccc(Br)cc21. The highest BCUT2D eigenvalue weighted by atomic mass is 79.9. The topological polar surface area (TPSA) is 110 Å². The predicted molar refractivity (Wildman–Crippen MR) is 182 cm³/mol. The van der Waals surface area contributed by atoms with Gasteiger partial charge in [-0.05, 0) is 53.6 Å². The Balaban J connectivity index is 1.32. The number of halogens is 1. The van der Waals surface area contributed by atoms with Crippen molar-refractivity contribution in [2.24, 2.45) is 5.92 Å². The molecule has 2 atom stereocenters. The molecule has 0 fully saturated rings. The first kappa shape index (κ1) is 32.8. The summed E-state index contributed by atoms with van der Waals surface area (Å²) in [6.45, 7) is 2.35. The number of fused-ring (bicyclic) bond motifs is 1. The zero-order valence-electron chi connectivity index (χ0n) is 25.5. The molecular weight excluding hydrogens is 646 g/mol. The summed E-state index contributed by atoms with van der Waals surface area (Å²) in [4.78, 5) is 42.9. The van der Waals surface area contributed by atoms with Crippen molar-refractivity contribution in [1.82, 2.24) is 4.90 Å². The predicted octanol–water partition coefficient (Wildman–Crippen LogP) is 6.04. The molecule has 1 aliphatic heterocycles. The molecule has 3 amide bonds. The lowest BCUT2D eigenvalue weighted by Gasteiger charge is -2.28. The van der Waals surface area contributed by atoms with E-state index in [1.807, 2.05) is 60.7 Å². The Kier molecular flexibility index (Phi) is 10.5. The second-order valence-electron chi connectivity index (χ2n) is 11.3.